The van der Waals surface area contributed by atoms with Crippen molar-refractivity contribution >= 4 is 28.5 Å². The molecule has 1 atom stereocenters. The fourth-order valence-corrected chi connectivity index (χ4v) is 3.77. The molecule has 0 aliphatic carbocycles. The minimum atomic E-state index is -1.14. The molecule has 0 unspecified atom stereocenters. The van der Waals surface area contributed by atoms with Crippen LogP contribution in [0.25, 0.3) is 10.9 Å². The highest BCUT2D eigenvalue weighted by Gasteiger charge is 2.28. The summed E-state index contributed by atoms with van der Waals surface area (Å²) in [6.07, 6.45) is 1.70. The van der Waals surface area contributed by atoms with Gasteiger partial charge in [0, 0.05) is 29.1 Å². The summed E-state index contributed by atoms with van der Waals surface area (Å²) < 4.78 is 0. The van der Waals surface area contributed by atoms with E-state index in [1.54, 1.807) is 67.7 Å². The number of hydrogen-bond donors (Lipinski definition) is 3. The molecule has 2 amide bonds. The number of benzene rings is 2. The molecule has 0 bridgehead atoms. The second-order valence-electron chi connectivity index (χ2n) is 8.08. The average Bonchev–Trinajstić information content (AvgIpc) is 2.89. The van der Waals surface area contributed by atoms with Crippen LogP contribution in [0, 0.1) is 6.92 Å². The van der Waals surface area contributed by atoms with Gasteiger partial charge < -0.3 is 15.6 Å². The maximum atomic E-state index is 13.2. The molecule has 2 heterocycles. The SMILES string of the molecule is Cc1c(C(=O)N[C@@H](Cc2ccccc2)C(=O)C(=O)NCc2ccccn2)[nH]c2ccccc2c1=O. The van der Waals surface area contributed by atoms with Gasteiger partial charge in [0.2, 0.25) is 5.78 Å². The van der Waals surface area contributed by atoms with Crippen molar-refractivity contribution in [3.05, 3.63) is 112 Å². The van der Waals surface area contributed by atoms with Crippen LogP contribution in [-0.4, -0.2) is 33.6 Å². The summed E-state index contributed by atoms with van der Waals surface area (Å²) in [5.41, 5.74) is 1.88. The zero-order valence-corrected chi connectivity index (χ0v) is 19.1. The number of nitrogens with zero attached hydrogens (tertiary/aromatic N) is 1. The number of Topliss-reactive ketones (excluding diaryl/α,β-unsaturated/α-hetero) is 1. The predicted octanol–water partition coefficient (Wildman–Crippen LogP) is 2.46. The minimum Gasteiger partial charge on any atom is -0.350 e. The van der Waals surface area contributed by atoms with Crippen molar-refractivity contribution in [1.29, 1.82) is 0 Å². The Hall–Kier alpha value is -4.59. The molecule has 0 saturated heterocycles. The summed E-state index contributed by atoms with van der Waals surface area (Å²) >= 11 is 0. The molecular weight excluding hydrogens is 444 g/mol. The van der Waals surface area contributed by atoms with E-state index in [1.807, 2.05) is 18.2 Å². The summed E-state index contributed by atoms with van der Waals surface area (Å²) in [5.74, 6) is -2.27. The standard InChI is InChI=1S/C27H24N4O4/c1-17-23(30-21-13-6-5-12-20(21)24(17)32)26(34)31-22(15-18-9-3-2-4-10-18)25(33)27(35)29-16-19-11-7-8-14-28-19/h2-14,22H,15-16H2,1H3,(H,29,35)(H,30,32)(H,31,34)/t22-/m0/s1. The third-order valence-corrected chi connectivity index (χ3v) is 5.66. The van der Waals surface area contributed by atoms with Crippen molar-refractivity contribution < 1.29 is 14.4 Å². The van der Waals surface area contributed by atoms with Gasteiger partial charge in [-0.15, -0.1) is 0 Å². The van der Waals surface area contributed by atoms with Crippen LogP contribution in [0.15, 0.2) is 83.8 Å². The molecule has 35 heavy (non-hydrogen) atoms. The Bertz CT molecular complexity index is 1430. The Morgan fingerprint density at radius 3 is 2.40 bits per heavy atom. The Balaban J connectivity index is 1.58. The summed E-state index contributed by atoms with van der Waals surface area (Å²) in [7, 11) is 0. The highest BCUT2D eigenvalue weighted by atomic mass is 16.2. The van der Waals surface area contributed by atoms with Crippen LogP contribution >= 0.6 is 0 Å². The van der Waals surface area contributed by atoms with Crippen LogP contribution in [0.1, 0.15) is 27.3 Å². The zero-order chi connectivity index (χ0) is 24.8. The third-order valence-electron chi connectivity index (χ3n) is 5.66. The molecule has 0 aliphatic heterocycles. The summed E-state index contributed by atoms with van der Waals surface area (Å²) in [6.45, 7) is 1.63. The lowest BCUT2D eigenvalue weighted by atomic mass is 10.0. The molecule has 0 radical (unpaired) electrons. The van der Waals surface area contributed by atoms with Gasteiger partial charge in [-0.25, -0.2) is 0 Å². The first-order valence-electron chi connectivity index (χ1n) is 11.1. The molecule has 0 spiro atoms. The maximum Gasteiger partial charge on any atom is 0.289 e. The molecular formula is C27H24N4O4. The Morgan fingerprint density at radius 1 is 0.943 bits per heavy atom. The van der Waals surface area contributed by atoms with Gasteiger partial charge in [0.05, 0.1) is 12.2 Å². The smallest absolute Gasteiger partial charge is 0.289 e. The number of H-pyrrole nitrogens is 1. The number of aromatic amines is 1. The fraction of sp³-hybridized carbons (Fsp3) is 0.148. The highest BCUT2D eigenvalue weighted by molar-refractivity contribution is 6.38. The lowest BCUT2D eigenvalue weighted by molar-refractivity contribution is -0.139. The number of ketones is 1. The van der Waals surface area contributed by atoms with Crippen LogP contribution in [0.5, 0.6) is 0 Å². The number of aromatic nitrogens is 2. The normalized spacial score (nSPS) is 11.6. The van der Waals surface area contributed by atoms with Crippen LogP contribution < -0.4 is 16.1 Å². The molecule has 4 aromatic rings. The molecule has 4 rings (SSSR count). The minimum absolute atomic E-state index is 0.0495. The molecule has 2 aromatic carbocycles. The van der Waals surface area contributed by atoms with Gasteiger partial charge in [0.1, 0.15) is 11.7 Å². The molecule has 0 aliphatic rings. The number of carbonyl (C=O) groups is 3. The summed E-state index contributed by atoms with van der Waals surface area (Å²) in [6, 6.07) is 20.1. The van der Waals surface area contributed by atoms with E-state index in [0.717, 1.165) is 5.56 Å². The van der Waals surface area contributed by atoms with Crippen molar-refractivity contribution in [2.75, 3.05) is 0 Å². The molecule has 0 fully saturated rings. The van der Waals surface area contributed by atoms with Gasteiger partial charge in [-0.2, -0.15) is 0 Å². The number of amides is 2. The maximum absolute atomic E-state index is 13.2. The van der Waals surface area contributed by atoms with Crippen molar-refractivity contribution in [1.82, 2.24) is 20.6 Å². The van der Waals surface area contributed by atoms with Gasteiger partial charge >= 0.3 is 0 Å². The number of pyridine rings is 2. The van der Waals surface area contributed by atoms with Crippen LogP contribution in [0.3, 0.4) is 0 Å². The van der Waals surface area contributed by atoms with Crippen LogP contribution in [0.2, 0.25) is 0 Å². The Morgan fingerprint density at radius 2 is 1.66 bits per heavy atom. The average molecular weight is 469 g/mol. The fourth-order valence-electron chi connectivity index (χ4n) is 3.77. The monoisotopic (exact) mass is 468 g/mol. The molecule has 8 heteroatoms. The van der Waals surface area contributed by atoms with Gasteiger partial charge in [-0.1, -0.05) is 48.5 Å². The molecule has 2 aromatic heterocycles. The molecule has 0 saturated carbocycles. The predicted molar refractivity (Wildman–Crippen MR) is 132 cm³/mol. The first-order valence-corrected chi connectivity index (χ1v) is 11.1. The van der Waals surface area contributed by atoms with E-state index in [0.29, 0.717) is 16.6 Å². The Kier molecular flexibility index (Phi) is 7.11. The van der Waals surface area contributed by atoms with Crippen LogP contribution in [-0.2, 0) is 22.6 Å². The third kappa shape index (κ3) is 5.50. The first kappa shape index (κ1) is 23.6. The van der Waals surface area contributed by atoms with E-state index in [-0.39, 0.29) is 29.7 Å². The van der Waals surface area contributed by atoms with E-state index in [4.69, 9.17) is 0 Å². The number of fused-ring (bicyclic) bond motifs is 1. The topological polar surface area (TPSA) is 121 Å². The van der Waals surface area contributed by atoms with E-state index in [1.165, 1.54) is 0 Å². The largest absolute Gasteiger partial charge is 0.350 e. The number of carbonyl (C=O) groups excluding carboxylic acids is 3. The van der Waals surface area contributed by atoms with E-state index < -0.39 is 23.6 Å². The quantitative estimate of drug-likeness (QED) is 0.343. The summed E-state index contributed by atoms with van der Waals surface area (Å²) in [5, 5.41) is 5.69. The van der Waals surface area contributed by atoms with Gasteiger partial charge in [0.15, 0.2) is 5.43 Å². The van der Waals surface area contributed by atoms with Crippen molar-refractivity contribution in [2.45, 2.75) is 25.9 Å². The second kappa shape index (κ2) is 10.6. The number of nitrogens with one attached hydrogen (secondary N) is 3. The van der Waals surface area contributed by atoms with Crippen molar-refractivity contribution in [3.63, 3.8) is 0 Å². The van der Waals surface area contributed by atoms with Gasteiger partial charge in [0.25, 0.3) is 11.8 Å². The number of para-hydroxylation sites is 1. The van der Waals surface area contributed by atoms with Crippen LogP contribution in [0.4, 0.5) is 0 Å². The first-order chi connectivity index (χ1) is 16.9. The number of rotatable bonds is 8. The van der Waals surface area contributed by atoms with Gasteiger partial charge in [-0.05, 0) is 36.8 Å². The molecule has 3 N–H and O–H groups in total. The Labute approximate surface area is 201 Å². The molecule has 8 nitrogen and oxygen atoms in total. The van der Waals surface area contributed by atoms with Crippen molar-refractivity contribution in [3.8, 4) is 0 Å². The van der Waals surface area contributed by atoms with Crippen molar-refractivity contribution in [2.24, 2.45) is 0 Å². The zero-order valence-electron chi connectivity index (χ0n) is 19.1. The molecule has 176 valence electrons. The van der Waals surface area contributed by atoms with E-state index in [2.05, 4.69) is 20.6 Å². The van der Waals surface area contributed by atoms with Gasteiger partial charge in [-0.3, -0.25) is 24.2 Å². The second-order valence-corrected chi connectivity index (χ2v) is 8.08. The van der Waals surface area contributed by atoms with E-state index >= 15 is 0 Å². The lowest BCUT2D eigenvalue weighted by Crippen LogP contribution is -2.49. The lowest BCUT2D eigenvalue weighted by Gasteiger charge is -2.18. The summed E-state index contributed by atoms with van der Waals surface area (Å²) in [4.78, 5) is 58.8. The highest BCUT2D eigenvalue weighted by Crippen LogP contribution is 2.12. The van der Waals surface area contributed by atoms with E-state index in [9.17, 15) is 19.2 Å². The number of hydrogen-bond acceptors (Lipinski definition) is 5.